The molecule has 0 spiro atoms. The minimum atomic E-state index is 1.09. The van der Waals surface area contributed by atoms with Crippen LogP contribution in [0.4, 0.5) is 17.1 Å². The number of rotatable bonds is 8. The first-order valence-corrected chi connectivity index (χ1v) is 22.7. The van der Waals surface area contributed by atoms with Crippen LogP contribution in [0.15, 0.2) is 249 Å². The van der Waals surface area contributed by atoms with E-state index in [2.05, 4.69) is 254 Å². The number of benzene rings is 11. The van der Waals surface area contributed by atoms with E-state index in [4.69, 9.17) is 0 Å². The predicted octanol–water partition coefficient (Wildman–Crippen LogP) is 18.2. The maximum atomic E-state index is 2.43. The summed E-state index contributed by atoms with van der Waals surface area (Å²) in [5.74, 6) is 0. The van der Waals surface area contributed by atoms with Gasteiger partial charge in [0, 0.05) is 37.2 Å². The molecular formula is C62H41NS. The van der Waals surface area contributed by atoms with E-state index in [0.717, 1.165) is 17.1 Å². The summed E-state index contributed by atoms with van der Waals surface area (Å²) in [6.07, 6.45) is 0. The van der Waals surface area contributed by atoms with Crippen LogP contribution in [0, 0.1) is 0 Å². The van der Waals surface area contributed by atoms with Gasteiger partial charge in [-0.3, -0.25) is 0 Å². The van der Waals surface area contributed by atoms with Gasteiger partial charge >= 0.3 is 0 Å². The standard InChI is InChI=1S/C62H41NS/c1-4-16-42(17-5-1)43-30-32-44(33-31-43)45-34-36-49(37-35-45)63(50-23-14-22-48(40-50)52-27-15-28-57-55-25-12-13-29-59(55)64-62(52)57)51-38-39-54-53-24-10-11-26-56(53)60(46-18-6-2-7-19-46)61(58(54)41-51)47-20-8-3-9-21-47/h1-41H. The molecule has 0 unspecified atom stereocenters. The molecule has 0 fully saturated rings. The fourth-order valence-electron chi connectivity index (χ4n) is 9.65. The van der Waals surface area contributed by atoms with Crippen molar-refractivity contribution < 1.29 is 0 Å². The van der Waals surface area contributed by atoms with Gasteiger partial charge in [-0.25, -0.2) is 0 Å². The van der Waals surface area contributed by atoms with Crippen LogP contribution in [0.2, 0.25) is 0 Å². The third-order valence-electron chi connectivity index (χ3n) is 12.7. The highest BCUT2D eigenvalue weighted by Gasteiger charge is 2.21. The van der Waals surface area contributed by atoms with E-state index < -0.39 is 0 Å². The summed E-state index contributed by atoms with van der Waals surface area (Å²) in [5.41, 5.74) is 15.4. The van der Waals surface area contributed by atoms with Crippen molar-refractivity contribution >= 4 is 70.1 Å². The van der Waals surface area contributed by atoms with Crippen molar-refractivity contribution in [2.24, 2.45) is 0 Å². The minimum Gasteiger partial charge on any atom is -0.310 e. The average molecular weight is 832 g/mol. The van der Waals surface area contributed by atoms with Crippen LogP contribution in [-0.2, 0) is 0 Å². The number of fused-ring (bicyclic) bond motifs is 6. The summed E-state index contributed by atoms with van der Waals surface area (Å²) in [6, 6.07) is 90.9. The Labute approximate surface area is 377 Å². The number of thiophene rings is 1. The lowest BCUT2D eigenvalue weighted by Crippen LogP contribution is -2.10. The molecule has 12 aromatic rings. The average Bonchev–Trinajstić information content (AvgIpc) is 3.76. The quantitative estimate of drug-likeness (QED) is 0.138. The number of anilines is 3. The van der Waals surface area contributed by atoms with E-state index in [0.29, 0.717) is 0 Å². The molecule has 0 bridgehead atoms. The highest BCUT2D eigenvalue weighted by Crippen LogP contribution is 2.48. The molecule has 1 nitrogen and oxygen atoms in total. The van der Waals surface area contributed by atoms with Gasteiger partial charge in [0.15, 0.2) is 0 Å². The fraction of sp³-hybridized carbons (Fsp3) is 0. The molecule has 0 N–H and O–H groups in total. The molecule has 1 aromatic heterocycles. The summed E-state index contributed by atoms with van der Waals surface area (Å²) in [5, 5.41) is 7.56. The van der Waals surface area contributed by atoms with Crippen LogP contribution < -0.4 is 4.90 Å². The van der Waals surface area contributed by atoms with Gasteiger partial charge in [-0.1, -0.05) is 206 Å². The second-order valence-corrected chi connectivity index (χ2v) is 17.5. The topological polar surface area (TPSA) is 3.24 Å². The Morgan fingerprint density at radius 1 is 0.250 bits per heavy atom. The second kappa shape index (κ2) is 16.0. The van der Waals surface area contributed by atoms with Crippen LogP contribution in [-0.4, -0.2) is 0 Å². The molecular weight excluding hydrogens is 791 g/mol. The molecule has 0 radical (unpaired) electrons. The van der Waals surface area contributed by atoms with E-state index in [1.165, 1.54) is 97.4 Å². The molecule has 0 amide bonds. The zero-order chi connectivity index (χ0) is 42.4. The fourth-order valence-corrected chi connectivity index (χ4v) is 10.9. The zero-order valence-electron chi connectivity index (χ0n) is 35.0. The van der Waals surface area contributed by atoms with E-state index in [1.807, 2.05) is 11.3 Å². The molecule has 11 aromatic carbocycles. The molecule has 0 saturated heterocycles. The molecule has 1 heterocycles. The first kappa shape index (κ1) is 37.7. The Bertz CT molecular complexity index is 3630. The largest absolute Gasteiger partial charge is 0.310 e. The molecule has 0 saturated carbocycles. The summed E-state index contributed by atoms with van der Waals surface area (Å²) in [7, 11) is 0. The molecule has 0 atom stereocenters. The molecule has 2 heteroatoms. The van der Waals surface area contributed by atoms with Crippen LogP contribution in [0.25, 0.3) is 97.4 Å². The van der Waals surface area contributed by atoms with E-state index in [1.54, 1.807) is 0 Å². The van der Waals surface area contributed by atoms with Crippen LogP contribution in [0.5, 0.6) is 0 Å². The third-order valence-corrected chi connectivity index (χ3v) is 13.9. The van der Waals surface area contributed by atoms with E-state index in [9.17, 15) is 0 Å². The predicted molar refractivity (Wildman–Crippen MR) is 276 cm³/mol. The zero-order valence-corrected chi connectivity index (χ0v) is 35.8. The van der Waals surface area contributed by atoms with E-state index >= 15 is 0 Å². The van der Waals surface area contributed by atoms with Gasteiger partial charge in [-0.15, -0.1) is 11.3 Å². The summed E-state index contributed by atoms with van der Waals surface area (Å²) in [4.78, 5) is 2.43. The Hall–Kier alpha value is -8.04. The van der Waals surface area contributed by atoms with Crippen molar-refractivity contribution in [1.82, 2.24) is 0 Å². The van der Waals surface area contributed by atoms with Crippen molar-refractivity contribution in [2.45, 2.75) is 0 Å². The molecule has 64 heavy (non-hydrogen) atoms. The smallest absolute Gasteiger partial charge is 0.0468 e. The summed E-state index contributed by atoms with van der Waals surface area (Å²) >= 11 is 1.88. The lowest BCUT2D eigenvalue weighted by molar-refractivity contribution is 1.29. The Morgan fingerprint density at radius 3 is 1.38 bits per heavy atom. The normalized spacial score (nSPS) is 11.4. The highest BCUT2D eigenvalue weighted by molar-refractivity contribution is 7.26. The first-order valence-electron chi connectivity index (χ1n) is 21.9. The van der Waals surface area contributed by atoms with Gasteiger partial charge in [0.1, 0.15) is 0 Å². The van der Waals surface area contributed by atoms with Crippen LogP contribution >= 0.6 is 11.3 Å². The monoisotopic (exact) mass is 831 g/mol. The van der Waals surface area contributed by atoms with Gasteiger partial charge in [-0.2, -0.15) is 0 Å². The molecule has 0 aliphatic carbocycles. The molecule has 0 aliphatic rings. The Morgan fingerprint density at radius 2 is 0.703 bits per heavy atom. The highest BCUT2D eigenvalue weighted by atomic mass is 32.1. The molecule has 12 rings (SSSR count). The van der Waals surface area contributed by atoms with Crippen LogP contribution in [0.1, 0.15) is 0 Å². The maximum absolute atomic E-state index is 2.43. The second-order valence-electron chi connectivity index (χ2n) is 16.4. The Balaban J connectivity index is 1.06. The summed E-state index contributed by atoms with van der Waals surface area (Å²) < 4.78 is 2.62. The van der Waals surface area contributed by atoms with Gasteiger partial charge < -0.3 is 4.90 Å². The van der Waals surface area contributed by atoms with Crippen molar-refractivity contribution in [1.29, 1.82) is 0 Å². The Kier molecular flexibility index (Phi) is 9.43. The van der Waals surface area contributed by atoms with Gasteiger partial charge in [0.25, 0.3) is 0 Å². The lowest BCUT2D eigenvalue weighted by Gasteiger charge is -2.27. The van der Waals surface area contributed by atoms with Gasteiger partial charge in [0.2, 0.25) is 0 Å². The first-order chi connectivity index (χ1) is 31.7. The van der Waals surface area contributed by atoms with Gasteiger partial charge in [-0.05, 0) is 120 Å². The SMILES string of the molecule is c1ccc(-c2ccc(-c3ccc(N(c4cccc(-c5cccc6c5sc5ccccc56)c4)c4ccc5c(c4)c(-c4ccccc4)c(-c4ccccc4)c4ccccc45)cc3)cc2)cc1. The number of nitrogens with zero attached hydrogens (tertiary/aromatic N) is 1. The lowest BCUT2D eigenvalue weighted by atomic mass is 9.85. The van der Waals surface area contributed by atoms with Crippen molar-refractivity contribution in [3.8, 4) is 55.6 Å². The maximum Gasteiger partial charge on any atom is 0.0468 e. The van der Waals surface area contributed by atoms with Crippen molar-refractivity contribution in [2.75, 3.05) is 4.90 Å². The van der Waals surface area contributed by atoms with Crippen LogP contribution in [0.3, 0.4) is 0 Å². The molecule has 300 valence electrons. The van der Waals surface area contributed by atoms with Crippen molar-refractivity contribution in [3.63, 3.8) is 0 Å². The van der Waals surface area contributed by atoms with Gasteiger partial charge in [0.05, 0.1) is 0 Å². The number of hydrogen-bond donors (Lipinski definition) is 0. The van der Waals surface area contributed by atoms with E-state index in [-0.39, 0.29) is 0 Å². The summed E-state index contributed by atoms with van der Waals surface area (Å²) in [6.45, 7) is 0. The minimum absolute atomic E-state index is 1.09. The number of hydrogen-bond acceptors (Lipinski definition) is 2. The molecule has 0 aliphatic heterocycles. The van der Waals surface area contributed by atoms with Crippen molar-refractivity contribution in [3.05, 3.63) is 249 Å². The third kappa shape index (κ3) is 6.64.